The molecule has 0 aliphatic rings. The molecule has 1 aromatic carbocycles. The fraction of sp³-hybridized carbons (Fsp3) is 0.200. The molecular formula is C15H17N3O3S. The molecule has 6 nitrogen and oxygen atoms in total. The van der Waals surface area contributed by atoms with Gasteiger partial charge in [0, 0.05) is 24.6 Å². The van der Waals surface area contributed by atoms with E-state index in [0.717, 1.165) is 11.8 Å². The number of benzene rings is 1. The fourth-order valence-electron chi connectivity index (χ4n) is 2.03. The summed E-state index contributed by atoms with van der Waals surface area (Å²) >= 11 is 0. The van der Waals surface area contributed by atoms with Crippen molar-refractivity contribution >= 4 is 21.6 Å². The number of carbonyl (C=O) groups excluding carboxylic acids is 1. The summed E-state index contributed by atoms with van der Waals surface area (Å²) in [7, 11) is -3.33. The van der Waals surface area contributed by atoms with E-state index in [1.165, 1.54) is 12.3 Å². The number of hydrogen-bond acceptors (Lipinski definition) is 5. The van der Waals surface area contributed by atoms with E-state index in [-0.39, 0.29) is 4.90 Å². The van der Waals surface area contributed by atoms with Crippen LogP contribution in [0.15, 0.2) is 47.5 Å². The molecule has 0 unspecified atom stereocenters. The van der Waals surface area contributed by atoms with Gasteiger partial charge in [-0.15, -0.1) is 0 Å². The first-order valence-electron chi connectivity index (χ1n) is 6.65. The van der Waals surface area contributed by atoms with Gasteiger partial charge >= 0.3 is 0 Å². The number of nitrogens with two attached hydrogens (primary N) is 1. The number of amides is 1. The summed E-state index contributed by atoms with van der Waals surface area (Å²) in [6.45, 7) is 0.488. The number of rotatable bonds is 6. The second kappa shape index (κ2) is 6.57. The Kier molecular flexibility index (Phi) is 4.77. The molecule has 0 bridgehead atoms. The second-order valence-corrected chi connectivity index (χ2v) is 6.85. The van der Waals surface area contributed by atoms with Gasteiger partial charge < -0.3 is 11.1 Å². The molecule has 0 fully saturated rings. The summed E-state index contributed by atoms with van der Waals surface area (Å²) in [5.74, 6) is -0.144. The smallest absolute Gasteiger partial charge is 0.248 e. The molecule has 116 valence electrons. The number of primary amides is 1. The number of sulfone groups is 1. The maximum atomic E-state index is 11.7. The number of pyridine rings is 1. The lowest BCUT2D eigenvalue weighted by molar-refractivity contribution is 0.1000. The van der Waals surface area contributed by atoms with Crippen LogP contribution in [0.3, 0.4) is 0 Å². The van der Waals surface area contributed by atoms with Gasteiger partial charge in [0.15, 0.2) is 9.84 Å². The van der Waals surface area contributed by atoms with Crippen molar-refractivity contribution in [1.29, 1.82) is 0 Å². The van der Waals surface area contributed by atoms with Gasteiger partial charge in [-0.2, -0.15) is 0 Å². The monoisotopic (exact) mass is 319 g/mol. The first-order valence-corrected chi connectivity index (χ1v) is 8.55. The number of nitrogens with zero attached hydrogens (tertiary/aromatic N) is 1. The molecule has 1 heterocycles. The summed E-state index contributed by atoms with van der Waals surface area (Å²) in [6.07, 6.45) is 3.29. The zero-order chi connectivity index (χ0) is 16.2. The van der Waals surface area contributed by atoms with Crippen molar-refractivity contribution < 1.29 is 13.2 Å². The van der Waals surface area contributed by atoms with Crippen molar-refractivity contribution in [3.8, 4) is 0 Å². The van der Waals surface area contributed by atoms with Gasteiger partial charge in [-0.3, -0.25) is 4.79 Å². The van der Waals surface area contributed by atoms with Gasteiger partial charge in [0.1, 0.15) is 10.7 Å². The largest absolute Gasteiger partial charge is 0.369 e. The zero-order valence-corrected chi connectivity index (χ0v) is 12.9. The van der Waals surface area contributed by atoms with Crippen LogP contribution < -0.4 is 11.1 Å². The molecule has 0 spiro atoms. The quantitative estimate of drug-likeness (QED) is 0.834. The van der Waals surface area contributed by atoms with Crippen LogP contribution in [0.5, 0.6) is 0 Å². The molecule has 1 aromatic heterocycles. The summed E-state index contributed by atoms with van der Waals surface area (Å²) in [4.78, 5) is 15.4. The number of nitrogens with one attached hydrogen (secondary N) is 1. The summed E-state index contributed by atoms with van der Waals surface area (Å²) in [6, 6.07) is 10.1. The van der Waals surface area contributed by atoms with Crippen molar-refractivity contribution in [3.63, 3.8) is 0 Å². The molecule has 3 N–H and O–H groups in total. The van der Waals surface area contributed by atoms with Gasteiger partial charge in [0.2, 0.25) is 5.91 Å². The van der Waals surface area contributed by atoms with Crippen LogP contribution in [0.1, 0.15) is 15.9 Å². The van der Waals surface area contributed by atoms with Crippen molar-refractivity contribution in [1.82, 2.24) is 4.98 Å². The Balaban J connectivity index is 2.06. The van der Waals surface area contributed by atoms with E-state index in [1.807, 2.05) is 6.07 Å². The average molecular weight is 319 g/mol. The molecule has 0 saturated heterocycles. The highest BCUT2D eigenvalue weighted by molar-refractivity contribution is 7.90. The Morgan fingerprint density at radius 1 is 1.27 bits per heavy atom. The maximum absolute atomic E-state index is 11.7. The van der Waals surface area contributed by atoms with Crippen LogP contribution in [0.4, 0.5) is 5.82 Å². The molecule has 0 atom stereocenters. The van der Waals surface area contributed by atoms with Crippen molar-refractivity contribution in [3.05, 3.63) is 53.7 Å². The molecular weight excluding hydrogens is 302 g/mol. The third kappa shape index (κ3) is 4.05. The number of carbonyl (C=O) groups is 1. The van der Waals surface area contributed by atoms with Crippen LogP contribution in [0, 0.1) is 0 Å². The topological polar surface area (TPSA) is 102 Å². The van der Waals surface area contributed by atoms with Crippen molar-refractivity contribution in [2.45, 2.75) is 11.3 Å². The van der Waals surface area contributed by atoms with E-state index < -0.39 is 15.7 Å². The Morgan fingerprint density at radius 3 is 2.73 bits per heavy atom. The van der Waals surface area contributed by atoms with E-state index in [2.05, 4.69) is 10.3 Å². The van der Waals surface area contributed by atoms with Crippen LogP contribution in [-0.2, 0) is 16.3 Å². The molecule has 7 heteroatoms. The summed E-state index contributed by atoms with van der Waals surface area (Å²) < 4.78 is 23.4. The van der Waals surface area contributed by atoms with Crippen LogP contribution >= 0.6 is 0 Å². The van der Waals surface area contributed by atoms with Crippen LogP contribution in [0.25, 0.3) is 0 Å². The van der Waals surface area contributed by atoms with Gasteiger partial charge in [0.25, 0.3) is 0 Å². The first-order chi connectivity index (χ1) is 10.4. The van der Waals surface area contributed by atoms with Crippen LogP contribution in [-0.4, -0.2) is 32.1 Å². The van der Waals surface area contributed by atoms with Crippen LogP contribution in [0.2, 0.25) is 0 Å². The highest BCUT2D eigenvalue weighted by atomic mass is 32.2. The fourth-order valence-corrected chi connectivity index (χ4v) is 2.83. The van der Waals surface area contributed by atoms with E-state index in [9.17, 15) is 13.2 Å². The van der Waals surface area contributed by atoms with E-state index in [0.29, 0.717) is 24.3 Å². The standard InChI is InChI=1S/C15H17N3O3S/c1-22(20,21)13-6-3-8-17-15(13)18-9-7-11-4-2-5-12(10-11)14(16)19/h2-6,8,10H,7,9H2,1H3,(H2,16,19)(H,17,18). The third-order valence-electron chi connectivity index (χ3n) is 3.09. The molecule has 0 aliphatic heterocycles. The Labute approximate surface area is 129 Å². The maximum Gasteiger partial charge on any atom is 0.248 e. The predicted molar refractivity (Wildman–Crippen MR) is 84.5 cm³/mol. The molecule has 0 saturated carbocycles. The normalized spacial score (nSPS) is 11.1. The lowest BCUT2D eigenvalue weighted by Gasteiger charge is -2.09. The second-order valence-electron chi connectivity index (χ2n) is 4.86. The Hall–Kier alpha value is -2.41. The van der Waals surface area contributed by atoms with Gasteiger partial charge in [-0.1, -0.05) is 12.1 Å². The minimum atomic E-state index is -3.33. The minimum Gasteiger partial charge on any atom is -0.369 e. The van der Waals surface area contributed by atoms with E-state index in [4.69, 9.17) is 5.73 Å². The molecule has 1 amide bonds. The molecule has 2 aromatic rings. The lowest BCUT2D eigenvalue weighted by Crippen LogP contribution is -2.13. The number of hydrogen-bond donors (Lipinski definition) is 2. The summed E-state index contributed by atoms with van der Waals surface area (Å²) in [5, 5.41) is 3.01. The molecule has 0 radical (unpaired) electrons. The summed E-state index contributed by atoms with van der Waals surface area (Å²) in [5.41, 5.74) is 6.62. The van der Waals surface area contributed by atoms with Crippen molar-refractivity contribution in [2.24, 2.45) is 5.73 Å². The highest BCUT2D eigenvalue weighted by Gasteiger charge is 2.13. The van der Waals surface area contributed by atoms with Gasteiger partial charge in [-0.25, -0.2) is 13.4 Å². The number of anilines is 1. The average Bonchev–Trinajstić information content (AvgIpc) is 2.47. The third-order valence-corrected chi connectivity index (χ3v) is 4.22. The molecule has 2 rings (SSSR count). The SMILES string of the molecule is CS(=O)(=O)c1cccnc1NCCc1cccc(C(N)=O)c1. The minimum absolute atomic E-state index is 0.167. The van der Waals surface area contributed by atoms with Gasteiger partial charge in [0.05, 0.1) is 0 Å². The van der Waals surface area contributed by atoms with E-state index in [1.54, 1.807) is 24.3 Å². The van der Waals surface area contributed by atoms with E-state index >= 15 is 0 Å². The van der Waals surface area contributed by atoms with Crippen molar-refractivity contribution in [2.75, 3.05) is 18.1 Å². The zero-order valence-electron chi connectivity index (χ0n) is 12.1. The lowest BCUT2D eigenvalue weighted by atomic mass is 10.1. The highest BCUT2D eigenvalue weighted by Crippen LogP contribution is 2.17. The first kappa shape index (κ1) is 16.0. The Morgan fingerprint density at radius 2 is 2.05 bits per heavy atom. The number of aromatic nitrogens is 1. The predicted octanol–water partition coefficient (Wildman–Crippen LogP) is 1.24. The Bertz CT molecular complexity index is 788. The molecule has 0 aliphatic carbocycles. The van der Waals surface area contributed by atoms with Gasteiger partial charge in [-0.05, 0) is 36.2 Å². The molecule has 22 heavy (non-hydrogen) atoms.